The molecule has 0 radical (unpaired) electrons. The van der Waals surface area contributed by atoms with Gasteiger partial charge in [0.25, 0.3) is 5.91 Å². The monoisotopic (exact) mass is 434 g/mol. The third-order valence-corrected chi connectivity index (χ3v) is 6.65. The summed E-state index contributed by atoms with van der Waals surface area (Å²) in [4.78, 5) is 30.3. The van der Waals surface area contributed by atoms with Crippen molar-refractivity contribution >= 4 is 29.0 Å². The van der Waals surface area contributed by atoms with Gasteiger partial charge in [0.2, 0.25) is 0 Å². The molecule has 0 aromatic heterocycles. The Bertz CT molecular complexity index is 960. The van der Waals surface area contributed by atoms with E-state index in [2.05, 4.69) is 29.4 Å². The standard InChI is InChI=1S/C26H34N4O2/c1-3-20-8-4-5-9-23(20)28-26(32)27-21-10-11-24(29-16-12-19(2)13-17-29)22(18-21)25(31)30-14-6-7-15-30/h4-5,8-11,18-19H,3,6-7,12-17H2,1-2H3,(H2,27,28,32). The van der Waals surface area contributed by atoms with E-state index in [0.717, 1.165) is 81.1 Å². The predicted molar refractivity (Wildman–Crippen MR) is 131 cm³/mol. The molecule has 32 heavy (non-hydrogen) atoms. The highest BCUT2D eigenvalue weighted by Crippen LogP contribution is 2.30. The zero-order valence-electron chi connectivity index (χ0n) is 19.2. The van der Waals surface area contributed by atoms with Gasteiger partial charge in [-0.3, -0.25) is 4.79 Å². The average Bonchev–Trinajstić information content (AvgIpc) is 3.34. The lowest BCUT2D eigenvalue weighted by Gasteiger charge is -2.34. The molecule has 0 aliphatic carbocycles. The summed E-state index contributed by atoms with van der Waals surface area (Å²) in [5.41, 5.74) is 4.19. The fourth-order valence-electron chi connectivity index (χ4n) is 4.64. The Morgan fingerprint density at radius 1 is 0.969 bits per heavy atom. The van der Waals surface area contributed by atoms with Crippen LogP contribution in [0.2, 0.25) is 0 Å². The summed E-state index contributed by atoms with van der Waals surface area (Å²) in [6.45, 7) is 7.89. The molecule has 4 rings (SSSR count). The number of anilines is 3. The highest BCUT2D eigenvalue weighted by molar-refractivity contribution is 6.04. The number of hydrogen-bond acceptors (Lipinski definition) is 3. The predicted octanol–water partition coefficient (Wildman–Crippen LogP) is 5.37. The van der Waals surface area contributed by atoms with Gasteiger partial charge in [-0.05, 0) is 67.9 Å². The van der Waals surface area contributed by atoms with Gasteiger partial charge < -0.3 is 20.4 Å². The lowest BCUT2D eigenvalue weighted by molar-refractivity contribution is 0.0793. The lowest BCUT2D eigenvalue weighted by Crippen LogP contribution is -2.35. The Morgan fingerprint density at radius 3 is 2.41 bits per heavy atom. The zero-order valence-corrected chi connectivity index (χ0v) is 19.2. The molecule has 2 fully saturated rings. The fourth-order valence-corrected chi connectivity index (χ4v) is 4.64. The van der Waals surface area contributed by atoms with Gasteiger partial charge in [0.05, 0.1) is 5.56 Å². The molecule has 0 bridgehead atoms. The quantitative estimate of drug-likeness (QED) is 0.665. The number of carbonyl (C=O) groups excluding carboxylic acids is 2. The number of benzene rings is 2. The first-order chi connectivity index (χ1) is 15.5. The van der Waals surface area contributed by atoms with Crippen LogP contribution in [0.25, 0.3) is 0 Å². The Balaban J connectivity index is 1.55. The second-order valence-electron chi connectivity index (χ2n) is 8.99. The molecule has 2 aromatic rings. The van der Waals surface area contributed by atoms with Crippen molar-refractivity contribution < 1.29 is 9.59 Å². The molecule has 170 valence electrons. The van der Waals surface area contributed by atoms with E-state index < -0.39 is 0 Å². The molecule has 2 aliphatic rings. The number of nitrogens with one attached hydrogen (secondary N) is 2. The van der Waals surface area contributed by atoms with Crippen molar-refractivity contribution in [2.24, 2.45) is 5.92 Å². The summed E-state index contributed by atoms with van der Waals surface area (Å²) < 4.78 is 0. The third kappa shape index (κ3) is 5.06. The Labute approximate surface area is 191 Å². The van der Waals surface area contributed by atoms with E-state index in [1.807, 2.05) is 47.4 Å². The molecule has 0 spiro atoms. The van der Waals surface area contributed by atoms with Crippen LogP contribution in [0.1, 0.15) is 55.5 Å². The molecule has 0 saturated carbocycles. The van der Waals surface area contributed by atoms with Crippen LogP contribution in [-0.2, 0) is 6.42 Å². The number of carbonyl (C=O) groups is 2. The van der Waals surface area contributed by atoms with Crippen LogP contribution in [-0.4, -0.2) is 43.0 Å². The van der Waals surface area contributed by atoms with E-state index in [0.29, 0.717) is 11.3 Å². The van der Waals surface area contributed by atoms with Crippen LogP contribution in [0.4, 0.5) is 21.9 Å². The number of likely N-dealkylation sites (tertiary alicyclic amines) is 1. The number of nitrogens with zero attached hydrogens (tertiary/aromatic N) is 2. The van der Waals surface area contributed by atoms with Gasteiger partial charge in [0, 0.05) is 43.2 Å². The van der Waals surface area contributed by atoms with Crippen molar-refractivity contribution in [1.82, 2.24) is 4.90 Å². The molecule has 2 aromatic carbocycles. The van der Waals surface area contributed by atoms with Gasteiger partial charge in [-0.1, -0.05) is 32.0 Å². The number of aryl methyl sites for hydroxylation is 1. The van der Waals surface area contributed by atoms with Crippen LogP contribution in [0, 0.1) is 5.92 Å². The molecule has 2 heterocycles. The third-order valence-electron chi connectivity index (χ3n) is 6.65. The highest BCUT2D eigenvalue weighted by Gasteiger charge is 2.26. The van der Waals surface area contributed by atoms with Gasteiger partial charge >= 0.3 is 6.03 Å². The maximum Gasteiger partial charge on any atom is 0.323 e. The molecule has 2 N–H and O–H groups in total. The number of hydrogen-bond donors (Lipinski definition) is 2. The van der Waals surface area contributed by atoms with Gasteiger partial charge in [0.1, 0.15) is 0 Å². The smallest absolute Gasteiger partial charge is 0.323 e. The van der Waals surface area contributed by atoms with E-state index in [4.69, 9.17) is 0 Å². The van der Waals surface area contributed by atoms with E-state index in [-0.39, 0.29) is 11.9 Å². The lowest BCUT2D eigenvalue weighted by atomic mass is 9.97. The number of rotatable bonds is 5. The number of para-hydroxylation sites is 1. The second kappa shape index (κ2) is 10.1. The van der Waals surface area contributed by atoms with Gasteiger partial charge in [-0.2, -0.15) is 0 Å². The van der Waals surface area contributed by atoms with E-state index in [1.54, 1.807) is 0 Å². The number of urea groups is 1. The van der Waals surface area contributed by atoms with Crippen molar-refractivity contribution in [3.63, 3.8) is 0 Å². The molecular formula is C26H34N4O2. The molecule has 0 unspecified atom stereocenters. The molecule has 6 nitrogen and oxygen atoms in total. The normalized spacial score (nSPS) is 16.8. The van der Waals surface area contributed by atoms with Gasteiger partial charge in [-0.15, -0.1) is 0 Å². The maximum absolute atomic E-state index is 13.4. The van der Waals surface area contributed by atoms with Gasteiger partial charge in [0.15, 0.2) is 0 Å². The van der Waals surface area contributed by atoms with Crippen molar-refractivity contribution in [2.45, 2.75) is 46.0 Å². The number of piperidine rings is 1. The van der Waals surface area contributed by atoms with Crippen molar-refractivity contribution in [3.8, 4) is 0 Å². The first kappa shape index (κ1) is 22.2. The second-order valence-corrected chi connectivity index (χ2v) is 8.99. The van der Waals surface area contributed by atoms with Crippen LogP contribution in [0.15, 0.2) is 42.5 Å². The summed E-state index contributed by atoms with van der Waals surface area (Å²) in [7, 11) is 0. The van der Waals surface area contributed by atoms with E-state index >= 15 is 0 Å². The minimum absolute atomic E-state index is 0.0662. The van der Waals surface area contributed by atoms with Crippen molar-refractivity contribution in [3.05, 3.63) is 53.6 Å². The Hall–Kier alpha value is -3.02. The minimum atomic E-state index is -0.301. The van der Waals surface area contributed by atoms with Crippen LogP contribution in [0.3, 0.4) is 0 Å². The van der Waals surface area contributed by atoms with Crippen molar-refractivity contribution in [1.29, 1.82) is 0 Å². The average molecular weight is 435 g/mol. The highest BCUT2D eigenvalue weighted by atomic mass is 16.2. The van der Waals surface area contributed by atoms with Gasteiger partial charge in [-0.25, -0.2) is 4.79 Å². The Morgan fingerprint density at radius 2 is 1.69 bits per heavy atom. The number of amides is 3. The maximum atomic E-state index is 13.4. The Kier molecular flexibility index (Phi) is 6.98. The van der Waals surface area contributed by atoms with Crippen molar-refractivity contribution in [2.75, 3.05) is 41.7 Å². The van der Waals surface area contributed by atoms with E-state index in [9.17, 15) is 9.59 Å². The summed E-state index contributed by atoms with van der Waals surface area (Å²) in [5.74, 6) is 0.788. The molecule has 2 aliphatic heterocycles. The summed E-state index contributed by atoms with van der Waals surface area (Å²) in [6.07, 6.45) is 5.22. The minimum Gasteiger partial charge on any atom is -0.371 e. The first-order valence-corrected chi connectivity index (χ1v) is 11.9. The molecule has 2 saturated heterocycles. The molecule has 0 atom stereocenters. The molecular weight excluding hydrogens is 400 g/mol. The summed E-state index contributed by atoms with van der Waals surface area (Å²) in [5, 5.41) is 5.87. The van der Waals surface area contributed by atoms with Crippen LogP contribution < -0.4 is 15.5 Å². The first-order valence-electron chi connectivity index (χ1n) is 11.9. The van der Waals surface area contributed by atoms with Crippen LogP contribution >= 0.6 is 0 Å². The summed E-state index contributed by atoms with van der Waals surface area (Å²) >= 11 is 0. The zero-order chi connectivity index (χ0) is 22.5. The molecule has 3 amide bonds. The largest absolute Gasteiger partial charge is 0.371 e. The fraction of sp³-hybridized carbons (Fsp3) is 0.462. The van der Waals surface area contributed by atoms with Crippen LogP contribution in [0.5, 0.6) is 0 Å². The molecule has 6 heteroatoms. The summed E-state index contributed by atoms with van der Waals surface area (Å²) in [6, 6.07) is 13.2. The van der Waals surface area contributed by atoms with E-state index in [1.165, 1.54) is 0 Å². The topological polar surface area (TPSA) is 64.7 Å². The SMILES string of the molecule is CCc1ccccc1NC(=O)Nc1ccc(N2CCC(C)CC2)c(C(=O)N2CCCC2)c1.